The highest BCUT2D eigenvalue weighted by Gasteiger charge is 2.08. The number of nitrogens with zero attached hydrogens (tertiary/aromatic N) is 3. The van der Waals surface area contributed by atoms with Crippen LogP contribution < -0.4 is 10.6 Å². The minimum absolute atomic E-state index is 0.0384. The molecule has 0 unspecified atom stereocenters. The van der Waals surface area contributed by atoms with E-state index in [2.05, 4.69) is 20.6 Å². The molecule has 0 aromatic carbocycles. The van der Waals surface area contributed by atoms with E-state index in [1.807, 2.05) is 13.8 Å². The molecular weight excluding hydrogens is 218 g/mol. The van der Waals surface area contributed by atoms with Gasteiger partial charge >= 0.3 is 0 Å². The lowest BCUT2D eigenvalue weighted by Gasteiger charge is -2.15. The molecule has 0 fully saturated rings. The molecule has 0 saturated carbocycles. The van der Waals surface area contributed by atoms with Crippen LogP contribution in [0.3, 0.4) is 0 Å². The maximum Gasteiger partial charge on any atom is 0.241 e. The standard InChI is InChI=1S/C11H19N5O/c1-5-16(4)9(17)7-13-10-8(2)6-14-11(12-3)15-10/h6H,5,7H2,1-4H3,(H2,12,13,14,15). The Bertz CT molecular complexity index is 393. The molecule has 0 aliphatic rings. The summed E-state index contributed by atoms with van der Waals surface area (Å²) in [4.78, 5) is 21.6. The van der Waals surface area contributed by atoms with Gasteiger partial charge in [0, 0.05) is 32.4 Å². The van der Waals surface area contributed by atoms with Gasteiger partial charge in [0.1, 0.15) is 5.82 Å². The SMILES string of the molecule is CCN(C)C(=O)CNc1nc(NC)ncc1C. The Balaban J connectivity index is 2.65. The summed E-state index contributed by atoms with van der Waals surface area (Å²) in [5.74, 6) is 1.26. The first kappa shape index (κ1) is 13.2. The van der Waals surface area contributed by atoms with Gasteiger partial charge in [-0.25, -0.2) is 4.98 Å². The minimum Gasteiger partial charge on any atom is -0.361 e. The molecule has 6 nitrogen and oxygen atoms in total. The van der Waals surface area contributed by atoms with Crippen molar-refractivity contribution in [2.45, 2.75) is 13.8 Å². The van der Waals surface area contributed by atoms with Crippen LogP contribution in [0.4, 0.5) is 11.8 Å². The van der Waals surface area contributed by atoms with E-state index < -0.39 is 0 Å². The second-order valence-electron chi connectivity index (χ2n) is 3.74. The third kappa shape index (κ3) is 3.58. The minimum atomic E-state index is 0.0384. The van der Waals surface area contributed by atoms with Crippen LogP contribution in [-0.4, -0.2) is 48.0 Å². The predicted octanol–water partition coefficient (Wildman–Crippen LogP) is 0.717. The Morgan fingerprint density at radius 3 is 2.82 bits per heavy atom. The number of hydrogen-bond donors (Lipinski definition) is 2. The third-order valence-corrected chi connectivity index (χ3v) is 2.50. The van der Waals surface area contributed by atoms with Gasteiger partial charge in [-0.15, -0.1) is 0 Å². The fraction of sp³-hybridized carbons (Fsp3) is 0.545. The largest absolute Gasteiger partial charge is 0.361 e. The van der Waals surface area contributed by atoms with Gasteiger partial charge < -0.3 is 15.5 Å². The van der Waals surface area contributed by atoms with Crippen LogP contribution >= 0.6 is 0 Å². The number of aromatic nitrogens is 2. The molecule has 0 spiro atoms. The second-order valence-corrected chi connectivity index (χ2v) is 3.74. The summed E-state index contributed by atoms with van der Waals surface area (Å²) in [7, 11) is 3.53. The number of carbonyl (C=O) groups is 1. The van der Waals surface area contributed by atoms with Crippen LogP contribution in [0.25, 0.3) is 0 Å². The highest BCUT2D eigenvalue weighted by molar-refractivity contribution is 5.80. The lowest BCUT2D eigenvalue weighted by Crippen LogP contribution is -2.32. The van der Waals surface area contributed by atoms with Crippen LogP contribution in [0.1, 0.15) is 12.5 Å². The van der Waals surface area contributed by atoms with Crippen molar-refractivity contribution in [3.63, 3.8) is 0 Å². The number of hydrogen-bond acceptors (Lipinski definition) is 5. The van der Waals surface area contributed by atoms with Crippen LogP contribution in [0.15, 0.2) is 6.20 Å². The molecule has 2 N–H and O–H groups in total. The molecule has 0 saturated heterocycles. The number of anilines is 2. The van der Waals surface area contributed by atoms with Crippen molar-refractivity contribution in [1.29, 1.82) is 0 Å². The molecule has 1 amide bonds. The maximum atomic E-state index is 11.6. The first-order chi connectivity index (χ1) is 8.08. The number of likely N-dealkylation sites (N-methyl/N-ethyl adjacent to an activating group) is 1. The summed E-state index contributed by atoms with van der Waals surface area (Å²) >= 11 is 0. The normalized spacial score (nSPS) is 9.88. The van der Waals surface area contributed by atoms with E-state index >= 15 is 0 Å². The van der Waals surface area contributed by atoms with Crippen molar-refractivity contribution in [2.24, 2.45) is 0 Å². The number of carbonyl (C=O) groups excluding carboxylic acids is 1. The number of amides is 1. The molecule has 1 rings (SSSR count). The van der Waals surface area contributed by atoms with Crippen molar-refractivity contribution < 1.29 is 4.79 Å². The predicted molar refractivity (Wildman–Crippen MR) is 68.1 cm³/mol. The first-order valence-corrected chi connectivity index (χ1v) is 5.57. The second kappa shape index (κ2) is 6.03. The van der Waals surface area contributed by atoms with Gasteiger partial charge in [0.05, 0.1) is 6.54 Å². The molecule has 0 atom stereocenters. The Labute approximate surface area is 101 Å². The molecule has 6 heteroatoms. The molecule has 1 heterocycles. The molecule has 0 radical (unpaired) electrons. The van der Waals surface area contributed by atoms with E-state index in [0.29, 0.717) is 18.3 Å². The number of aryl methyl sites for hydroxylation is 1. The number of nitrogens with one attached hydrogen (secondary N) is 2. The van der Waals surface area contributed by atoms with Crippen molar-refractivity contribution in [2.75, 3.05) is 37.8 Å². The third-order valence-electron chi connectivity index (χ3n) is 2.50. The Morgan fingerprint density at radius 2 is 2.24 bits per heavy atom. The van der Waals surface area contributed by atoms with Crippen molar-refractivity contribution >= 4 is 17.7 Å². The van der Waals surface area contributed by atoms with Gasteiger partial charge in [-0.1, -0.05) is 0 Å². The summed E-state index contributed by atoms with van der Waals surface area (Å²) in [6, 6.07) is 0. The van der Waals surface area contributed by atoms with E-state index in [4.69, 9.17) is 0 Å². The van der Waals surface area contributed by atoms with E-state index in [1.54, 1.807) is 25.2 Å². The Kier molecular flexibility index (Phi) is 4.68. The molecule has 0 aliphatic heterocycles. The van der Waals surface area contributed by atoms with Gasteiger partial charge in [0.2, 0.25) is 11.9 Å². The monoisotopic (exact) mass is 237 g/mol. The summed E-state index contributed by atoms with van der Waals surface area (Å²) in [5.41, 5.74) is 0.913. The zero-order valence-electron chi connectivity index (χ0n) is 10.7. The van der Waals surface area contributed by atoms with E-state index in [9.17, 15) is 4.79 Å². The van der Waals surface area contributed by atoms with Gasteiger partial charge in [-0.3, -0.25) is 4.79 Å². The van der Waals surface area contributed by atoms with Crippen LogP contribution in [0.2, 0.25) is 0 Å². The fourth-order valence-electron chi connectivity index (χ4n) is 1.21. The average Bonchev–Trinajstić information content (AvgIpc) is 2.36. The van der Waals surface area contributed by atoms with Crippen LogP contribution in [0, 0.1) is 6.92 Å². The summed E-state index contributed by atoms with van der Waals surface area (Å²) < 4.78 is 0. The number of rotatable bonds is 5. The molecule has 1 aromatic heterocycles. The molecule has 0 aliphatic carbocycles. The zero-order valence-corrected chi connectivity index (χ0v) is 10.7. The van der Waals surface area contributed by atoms with Gasteiger partial charge in [-0.05, 0) is 13.8 Å². The zero-order chi connectivity index (χ0) is 12.8. The van der Waals surface area contributed by atoms with Gasteiger partial charge in [-0.2, -0.15) is 4.98 Å². The Hall–Kier alpha value is -1.85. The first-order valence-electron chi connectivity index (χ1n) is 5.57. The quantitative estimate of drug-likeness (QED) is 0.789. The molecule has 94 valence electrons. The van der Waals surface area contributed by atoms with E-state index in [1.165, 1.54) is 0 Å². The van der Waals surface area contributed by atoms with E-state index in [-0.39, 0.29) is 12.5 Å². The molecule has 0 bridgehead atoms. The lowest BCUT2D eigenvalue weighted by molar-refractivity contribution is -0.127. The van der Waals surface area contributed by atoms with Crippen molar-refractivity contribution in [3.8, 4) is 0 Å². The molecule has 1 aromatic rings. The molecule has 17 heavy (non-hydrogen) atoms. The summed E-state index contributed by atoms with van der Waals surface area (Å²) in [6.07, 6.45) is 1.72. The average molecular weight is 237 g/mol. The highest BCUT2D eigenvalue weighted by atomic mass is 16.2. The van der Waals surface area contributed by atoms with Gasteiger partial charge in [0.25, 0.3) is 0 Å². The maximum absolute atomic E-state index is 11.6. The van der Waals surface area contributed by atoms with E-state index in [0.717, 1.165) is 5.56 Å². The summed E-state index contributed by atoms with van der Waals surface area (Å²) in [6.45, 7) is 4.78. The van der Waals surface area contributed by atoms with Crippen molar-refractivity contribution in [3.05, 3.63) is 11.8 Å². The Morgan fingerprint density at radius 1 is 1.53 bits per heavy atom. The summed E-state index contributed by atoms with van der Waals surface area (Å²) in [5, 5.41) is 5.88. The van der Waals surface area contributed by atoms with Crippen LogP contribution in [0.5, 0.6) is 0 Å². The lowest BCUT2D eigenvalue weighted by atomic mass is 10.3. The smallest absolute Gasteiger partial charge is 0.241 e. The van der Waals surface area contributed by atoms with Crippen LogP contribution in [-0.2, 0) is 4.79 Å². The fourth-order valence-corrected chi connectivity index (χ4v) is 1.21. The molecular formula is C11H19N5O. The van der Waals surface area contributed by atoms with Gasteiger partial charge in [0.15, 0.2) is 0 Å². The topological polar surface area (TPSA) is 70.2 Å². The highest BCUT2D eigenvalue weighted by Crippen LogP contribution is 2.11. The van der Waals surface area contributed by atoms with Crippen molar-refractivity contribution in [1.82, 2.24) is 14.9 Å².